The van der Waals surface area contributed by atoms with E-state index in [-0.39, 0.29) is 16.7 Å². The second-order valence-electron chi connectivity index (χ2n) is 8.46. The zero-order valence-corrected chi connectivity index (χ0v) is 19.7. The summed E-state index contributed by atoms with van der Waals surface area (Å²) in [6.45, 7) is 1.10. The van der Waals surface area contributed by atoms with E-state index < -0.39 is 10.0 Å². The molecule has 1 amide bonds. The number of benzene rings is 2. The molecule has 2 aliphatic heterocycles. The third-order valence-corrected chi connectivity index (χ3v) is 8.34. The number of aromatic nitrogens is 2. The monoisotopic (exact) mass is 491 g/mol. The van der Waals surface area contributed by atoms with E-state index in [9.17, 15) is 13.2 Å². The van der Waals surface area contributed by atoms with E-state index in [0.717, 1.165) is 34.7 Å². The van der Waals surface area contributed by atoms with Gasteiger partial charge in [-0.25, -0.2) is 4.98 Å². The molecule has 172 valence electrons. The lowest BCUT2D eigenvalue weighted by Crippen LogP contribution is -2.43. The highest BCUT2D eigenvalue weighted by molar-refractivity contribution is 7.90. The number of thiazole rings is 1. The van der Waals surface area contributed by atoms with Gasteiger partial charge < -0.3 is 10.2 Å². The maximum Gasteiger partial charge on any atom is 0.285 e. The van der Waals surface area contributed by atoms with Crippen molar-refractivity contribution in [2.75, 3.05) is 18.4 Å². The molecule has 1 unspecified atom stereocenters. The summed E-state index contributed by atoms with van der Waals surface area (Å²) >= 11 is 1.58. The minimum atomic E-state index is -3.68. The van der Waals surface area contributed by atoms with Crippen LogP contribution in [0.3, 0.4) is 0 Å². The quantitative estimate of drug-likeness (QED) is 0.469. The number of carbonyl (C=O) groups is 1. The summed E-state index contributed by atoms with van der Waals surface area (Å²) in [6.07, 6.45) is 5.49. The summed E-state index contributed by atoms with van der Waals surface area (Å²) in [5, 5.41) is 5.01. The van der Waals surface area contributed by atoms with E-state index in [4.69, 9.17) is 0 Å². The number of rotatable bonds is 3. The SMILES string of the molecule is O=C(Nc1ccc(-c2cn3ccsc3n2)cc1)C1CCCN(C2=NS(=O)(=O)c3ccccc32)C1. The normalized spacial score (nSPS) is 19.1. The largest absolute Gasteiger partial charge is 0.355 e. The molecule has 1 saturated heterocycles. The highest BCUT2D eigenvalue weighted by Crippen LogP contribution is 2.30. The number of carbonyl (C=O) groups excluding carboxylic acids is 1. The average Bonchev–Trinajstić information content (AvgIpc) is 3.52. The fourth-order valence-corrected chi connectivity index (χ4v) is 6.46. The second-order valence-corrected chi connectivity index (χ2v) is 10.9. The zero-order chi connectivity index (χ0) is 23.3. The number of sulfonamides is 1. The number of anilines is 1. The summed E-state index contributed by atoms with van der Waals surface area (Å²) in [7, 11) is -3.68. The van der Waals surface area contributed by atoms with E-state index in [1.54, 1.807) is 35.6 Å². The molecule has 4 aromatic rings. The molecule has 2 aliphatic rings. The summed E-state index contributed by atoms with van der Waals surface area (Å²) < 4.78 is 30.9. The predicted molar refractivity (Wildman–Crippen MR) is 132 cm³/mol. The molecule has 0 saturated carbocycles. The molecule has 0 radical (unpaired) electrons. The standard InChI is InChI=1S/C24H21N5O3S2/c30-23(25-18-9-7-16(8-10-18)20-15-29-12-13-33-24(29)26-20)17-4-3-11-28(14-17)22-19-5-1-2-6-21(19)34(31,32)27-22/h1-2,5-10,12-13,15,17H,3-4,11,14H2,(H,25,30). The summed E-state index contributed by atoms with van der Waals surface area (Å²) in [5.41, 5.74) is 3.20. The van der Waals surface area contributed by atoms with Crippen LogP contribution in [0.15, 0.2) is 75.6 Å². The number of amides is 1. The van der Waals surface area contributed by atoms with E-state index >= 15 is 0 Å². The van der Waals surface area contributed by atoms with Crippen LogP contribution in [0.2, 0.25) is 0 Å². The van der Waals surface area contributed by atoms with Crippen LogP contribution in [-0.4, -0.2) is 47.5 Å². The van der Waals surface area contributed by atoms with Gasteiger partial charge in [-0.3, -0.25) is 9.20 Å². The van der Waals surface area contributed by atoms with E-state index in [1.165, 1.54) is 0 Å². The minimum Gasteiger partial charge on any atom is -0.355 e. The van der Waals surface area contributed by atoms with Crippen LogP contribution in [0.4, 0.5) is 5.69 Å². The van der Waals surface area contributed by atoms with Crippen LogP contribution in [0.5, 0.6) is 0 Å². The van der Waals surface area contributed by atoms with Crippen molar-refractivity contribution in [3.8, 4) is 11.3 Å². The van der Waals surface area contributed by atoms with Crippen LogP contribution >= 0.6 is 11.3 Å². The number of amidine groups is 1. The molecule has 0 spiro atoms. The number of hydrogen-bond donors (Lipinski definition) is 1. The summed E-state index contributed by atoms with van der Waals surface area (Å²) in [5.74, 6) is 0.110. The smallest absolute Gasteiger partial charge is 0.285 e. The lowest BCUT2D eigenvalue weighted by atomic mass is 9.96. The fourth-order valence-electron chi connectivity index (χ4n) is 4.54. The molecule has 34 heavy (non-hydrogen) atoms. The first kappa shape index (κ1) is 21.1. The van der Waals surface area contributed by atoms with Crippen LogP contribution in [0.25, 0.3) is 16.2 Å². The number of piperidine rings is 1. The topological polar surface area (TPSA) is 96.1 Å². The molecule has 0 aliphatic carbocycles. The lowest BCUT2D eigenvalue weighted by molar-refractivity contribution is -0.121. The van der Waals surface area contributed by atoms with Crippen molar-refractivity contribution < 1.29 is 13.2 Å². The molecule has 1 atom stereocenters. The summed E-state index contributed by atoms with van der Waals surface area (Å²) in [6, 6.07) is 14.5. The van der Waals surface area contributed by atoms with Crippen molar-refractivity contribution in [2.24, 2.45) is 10.3 Å². The number of nitrogens with one attached hydrogen (secondary N) is 1. The van der Waals surface area contributed by atoms with E-state index in [1.807, 2.05) is 51.3 Å². The Morgan fingerprint density at radius 1 is 1.12 bits per heavy atom. The summed E-state index contributed by atoms with van der Waals surface area (Å²) in [4.78, 5) is 20.7. The van der Waals surface area contributed by atoms with Crippen molar-refractivity contribution in [3.05, 3.63) is 71.9 Å². The van der Waals surface area contributed by atoms with Gasteiger partial charge in [-0.15, -0.1) is 15.7 Å². The molecule has 0 bridgehead atoms. The Bertz CT molecular complexity index is 1510. The van der Waals surface area contributed by atoms with Gasteiger partial charge in [0, 0.05) is 47.7 Å². The lowest BCUT2D eigenvalue weighted by Gasteiger charge is -2.33. The number of nitrogens with zero attached hydrogens (tertiary/aromatic N) is 4. The number of fused-ring (bicyclic) bond motifs is 2. The molecule has 8 nitrogen and oxygen atoms in total. The Kier molecular flexibility index (Phi) is 5.00. The van der Waals surface area contributed by atoms with E-state index in [0.29, 0.717) is 24.5 Å². The molecular weight excluding hydrogens is 470 g/mol. The first-order valence-electron chi connectivity index (χ1n) is 11.0. The van der Waals surface area contributed by atoms with Crippen LogP contribution in [0.1, 0.15) is 18.4 Å². The maximum atomic E-state index is 13.0. The van der Waals surface area contributed by atoms with Crippen LogP contribution in [0, 0.1) is 5.92 Å². The van der Waals surface area contributed by atoms with Crippen molar-refractivity contribution in [2.45, 2.75) is 17.7 Å². The maximum absolute atomic E-state index is 13.0. The molecule has 1 N–H and O–H groups in total. The van der Waals surface area contributed by atoms with Gasteiger partial charge in [0.15, 0.2) is 10.8 Å². The molecule has 10 heteroatoms. The number of hydrogen-bond acceptors (Lipinski definition) is 6. The Balaban J connectivity index is 1.15. The van der Waals surface area contributed by atoms with Gasteiger partial charge in [0.05, 0.1) is 11.6 Å². The molecule has 6 rings (SSSR count). The Hall–Kier alpha value is -3.50. The van der Waals surface area contributed by atoms with Crippen molar-refractivity contribution in [3.63, 3.8) is 0 Å². The minimum absolute atomic E-state index is 0.0744. The zero-order valence-electron chi connectivity index (χ0n) is 18.1. The van der Waals surface area contributed by atoms with Gasteiger partial charge >= 0.3 is 0 Å². The van der Waals surface area contributed by atoms with Crippen LogP contribution in [-0.2, 0) is 14.8 Å². The fraction of sp³-hybridized carbons (Fsp3) is 0.208. The first-order chi connectivity index (χ1) is 16.5. The highest BCUT2D eigenvalue weighted by Gasteiger charge is 2.35. The van der Waals surface area contributed by atoms with Crippen molar-refractivity contribution in [1.82, 2.24) is 14.3 Å². The molecule has 2 aromatic carbocycles. The highest BCUT2D eigenvalue weighted by atomic mass is 32.2. The van der Waals surface area contributed by atoms with Gasteiger partial charge in [0.25, 0.3) is 10.0 Å². The van der Waals surface area contributed by atoms with Gasteiger partial charge in [-0.1, -0.05) is 24.3 Å². The molecule has 4 heterocycles. The number of likely N-dealkylation sites (tertiary alicyclic amines) is 1. The Labute approximate surface area is 200 Å². The third-order valence-electron chi connectivity index (χ3n) is 6.25. The second kappa shape index (κ2) is 8.07. The molecule has 1 fully saturated rings. The van der Waals surface area contributed by atoms with Crippen molar-refractivity contribution in [1.29, 1.82) is 0 Å². The molecule has 2 aromatic heterocycles. The van der Waals surface area contributed by atoms with Gasteiger partial charge in [-0.2, -0.15) is 8.42 Å². The third kappa shape index (κ3) is 3.68. The first-order valence-corrected chi connectivity index (χ1v) is 13.3. The Morgan fingerprint density at radius 3 is 2.76 bits per heavy atom. The van der Waals surface area contributed by atoms with Gasteiger partial charge in [-0.05, 0) is 37.1 Å². The van der Waals surface area contributed by atoms with E-state index in [2.05, 4.69) is 14.7 Å². The molecular formula is C24H21N5O3S2. The average molecular weight is 492 g/mol. The van der Waals surface area contributed by atoms with Crippen molar-refractivity contribution >= 4 is 43.8 Å². The van der Waals surface area contributed by atoms with Gasteiger partial charge in [0.2, 0.25) is 5.91 Å². The Morgan fingerprint density at radius 2 is 1.94 bits per heavy atom. The van der Waals surface area contributed by atoms with Gasteiger partial charge in [0.1, 0.15) is 4.90 Å². The number of imidazole rings is 1. The predicted octanol–water partition coefficient (Wildman–Crippen LogP) is 3.86. The van der Waals surface area contributed by atoms with Crippen LogP contribution < -0.4 is 5.32 Å².